The van der Waals surface area contributed by atoms with Gasteiger partial charge in [0.05, 0.1) is 23.1 Å². The molecule has 150 valence electrons. The van der Waals surface area contributed by atoms with Crippen LogP contribution < -0.4 is 10.6 Å². The smallest absolute Gasteiger partial charge is 0.338 e. The second-order valence-corrected chi connectivity index (χ2v) is 7.61. The third-order valence-corrected chi connectivity index (χ3v) is 5.49. The van der Waals surface area contributed by atoms with Crippen molar-refractivity contribution in [2.24, 2.45) is 0 Å². The Bertz CT molecular complexity index is 807. The Hall–Kier alpha value is -2.59. The molecule has 1 saturated heterocycles. The lowest BCUT2D eigenvalue weighted by Gasteiger charge is -2.33. The molecule has 1 atom stereocenters. The molecule has 2 aliphatic heterocycles. The van der Waals surface area contributed by atoms with E-state index in [1.807, 2.05) is 11.8 Å². The summed E-state index contributed by atoms with van der Waals surface area (Å²) in [6, 6.07) is 4.65. The van der Waals surface area contributed by atoms with E-state index in [2.05, 4.69) is 15.5 Å². The highest BCUT2D eigenvalue weighted by Gasteiger charge is 2.35. The Morgan fingerprint density at radius 1 is 1.39 bits per heavy atom. The van der Waals surface area contributed by atoms with Crippen molar-refractivity contribution in [3.63, 3.8) is 0 Å². The van der Waals surface area contributed by atoms with Gasteiger partial charge in [-0.15, -0.1) is 0 Å². The fraction of sp³-hybridized carbons (Fsp3) is 0.444. The van der Waals surface area contributed by atoms with Crippen molar-refractivity contribution in [2.45, 2.75) is 13.0 Å². The molecule has 28 heavy (non-hydrogen) atoms. The van der Waals surface area contributed by atoms with Crippen LogP contribution in [0.5, 0.6) is 0 Å². The van der Waals surface area contributed by atoms with E-state index in [1.54, 1.807) is 13.0 Å². The number of esters is 1. The van der Waals surface area contributed by atoms with Crippen molar-refractivity contribution < 1.29 is 19.2 Å². The first-order valence-electron chi connectivity index (χ1n) is 9.01. The Morgan fingerprint density at radius 2 is 2.14 bits per heavy atom. The number of hydrogen-bond donors (Lipinski definition) is 2. The SMILES string of the molecule is CCOC(=O)C1=C(CN2CCSCC2)NC(=O)NC1c1cccc([N+](=O)[O-])c1. The standard InChI is InChI=1S/C18H22N4O5S/c1-2-27-17(23)15-14(11-21-6-8-28-9-7-21)19-18(24)20-16(15)12-4-3-5-13(10-12)22(25)26/h3-5,10,16H,2,6-9,11H2,1H3,(H2,19,20,24). The van der Waals surface area contributed by atoms with E-state index >= 15 is 0 Å². The van der Waals surface area contributed by atoms with E-state index in [4.69, 9.17) is 4.74 Å². The monoisotopic (exact) mass is 406 g/mol. The zero-order valence-corrected chi connectivity index (χ0v) is 16.3. The lowest BCUT2D eigenvalue weighted by Crippen LogP contribution is -2.49. The van der Waals surface area contributed by atoms with Gasteiger partial charge >= 0.3 is 12.0 Å². The minimum atomic E-state index is -0.818. The van der Waals surface area contributed by atoms with Crippen LogP contribution in [0.3, 0.4) is 0 Å². The number of carbonyl (C=O) groups is 2. The summed E-state index contributed by atoms with van der Waals surface area (Å²) in [5.41, 5.74) is 1.10. The Morgan fingerprint density at radius 3 is 2.82 bits per heavy atom. The molecule has 0 aromatic heterocycles. The largest absolute Gasteiger partial charge is 0.463 e. The number of nitro benzene ring substituents is 1. The van der Waals surface area contributed by atoms with Crippen LogP contribution in [0, 0.1) is 10.1 Å². The first kappa shape index (κ1) is 20.2. The number of benzene rings is 1. The molecule has 1 unspecified atom stereocenters. The Labute approximate surface area is 166 Å². The van der Waals surface area contributed by atoms with Gasteiger partial charge in [-0.2, -0.15) is 11.8 Å². The predicted molar refractivity (Wildman–Crippen MR) is 105 cm³/mol. The molecule has 10 heteroatoms. The number of rotatable bonds is 6. The summed E-state index contributed by atoms with van der Waals surface area (Å²) in [5, 5.41) is 16.6. The molecule has 0 saturated carbocycles. The second kappa shape index (κ2) is 9.07. The Balaban J connectivity index is 2.01. The maximum Gasteiger partial charge on any atom is 0.338 e. The molecule has 2 N–H and O–H groups in total. The normalized spacial score (nSPS) is 20.3. The van der Waals surface area contributed by atoms with Crippen LogP contribution >= 0.6 is 11.8 Å². The number of thioether (sulfide) groups is 1. The van der Waals surface area contributed by atoms with Crippen LogP contribution in [0.4, 0.5) is 10.5 Å². The predicted octanol–water partition coefficient (Wildman–Crippen LogP) is 1.81. The van der Waals surface area contributed by atoms with Gasteiger partial charge in [-0.3, -0.25) is 15.0 Å². The first-order chi connectivity index (χ1) is 13.5. The van der Waals surface area contributed by atoms with Gasteiger partial charge in [-0.25, -0.2) is 9.59 Å². The highest BCUT2D eigenvalue weighted by atomic mass is 32.2. The highest BCUT2D eigenvalue weighted by molar-refractivity contribution is 7.99. The second-order valence-electron chi connectivity index (χ2n) is 6.38. The molecule has 0 aliphatic carbocycles. The summed E-state index contributed by atoms with van der Waals surface area (Å²) in [5.74, 6) is 1.43. The van der Waals surface area contributed by atoms with Crippen molar-refractivity contribution in [1.82, 2.24) is 15.5 Å². The van der Waals surface area contributed by atoms with E-state index < -0.39 is 23.0 Å². The zero-order chi connectivity index (χ0) is 20.1. The van der Waals surface area contributed by atoms with Gasteiger partial charge in [-0.1, -0.05) is 12.1 Å². The van der Waals surface area contributed by atoms with Gasteiger partial charge in [0.25, 0.3) is 5.69 Å². The number of nitro groups is 1. The summed E-state index contributed by atoms with van der Waals surface area (Å²) < 4.78 is 5.22. The number of nitrogens with one attached hydrogen (secondary N) is 2. The lowest BCUT2D eigenvalue weighted by atomic mass is 9.94. The van der Waals surface area contributed by atoms with Crippen molar-refractivity contribution in [3.05, 3.63) is 51.2 Å². The van der Waals surface area contributed by atoms with Gasteiger partial charge in [0.2, 0.25) is 0 Å². The number of non-ortho nitro benzene ring substituents is 1. The summed E-state index contributed by atoms with van der Waals surface area (Å²) in [6.45, 7) is 4.01. The van der Waals surface area contributed by atoms with Crippen molar-refractivity contribution in [3.8, 4) is 0 Å². The quantitative estimate of drug-likeness (QED) is 0.421. The van der Waals surface area contributed by atoms with E-state index in [1.165, 1.54) is 18.2 Å². The first-order valence-corrected chi connectivity index (χ1v) is 10.2. The summed E-state index contributed by atoms with van der Waals surface area (Å²) in [7, 11) is 0. The molecule has 0 radical (unpaired) electrons. The summed E-state index contributed by atoms with van der Waals surface area (Å²) >= 11 is 1.87. The van der Waals surface area contributed by atoms with Gasteiger partial charge in [0.15, 0.2) is 0 Å². The molecule has 2 amide bonds. The van der Waals surface area contributed by atoms with Crippen molar-refractivity contribution in [1.29, 1.82) is 0 Å². The molecular weight excluding hydrogens is 384 g/mol. The zero-order valence-electron chi connectivity index (χ0n) is 15.5. The van der Waals surface area contributed by atoms with Crippen LogP contribution in [0.2, 0.25) is 0 Å². The van der Waals surface area contributed by atoms with E-state index in [9.17, 15) is 19.7 Å². The van der Waals surface area contributed by atoms with Gasteiger partial charge < -0.3 is 15.4 Å². The fourth-order valence-electron chi connectivity index (χ4n) is 3.24. The summed E-state index contributed by atoms with van der Waals surface area (Å²) in [4.78, 5) is 37.8. The van der Waals surface area contributed by atoms with Gasteiger partial charge in [-0.05, 0) is 12.5 Å². The number of nitrogens with zero attached hydrogens (tertiary/aromatic N) is 2. The van der Waals surface area contributed by atoms with Crippen LogP contribution in [-0.4, -0.2) is 59.6 Å². The molecule has 3 rings (SSSR count). The lowest BCUT2D eigenvalue weighted by molar-refractivity contribution is -0.384. The summed E-state index contributed by atoms with van der Waals surface area (Å²) in [6.07, 6.45) is 0. The third kappa shape index (κ3) is 4.63. The molecule has 0 spiro atoms. The van der Waals surface area contributed by atoms with Crippen LogP contribution in [0.1, 0.15) is 18.5 Å². The van der Waals surface area contributed by atoms with Gasteiger partial charge in [0, 0.05) is 49.0 Å². The molecule has 1 aromatic carbocycles. The minimum Gasteiger partial charge on any atom is -0.463 e. The van der Waals surface area contributed by atoms with Crippen LogP contribution in [0.15, 0.2) is 35.5 Å². The number of urea groups is 1. The minimum absolute atomic E-state index is 0.108. The number of ether oxygens (including phenoxy) is 1. The average Bonchev–Trinajstić information content (AvgIpc) is 2.68. The van der Waals surface area contributed by atoms with E-state index in [0.29, 0.717) is 17.8 Å². The van der Waals surface area contributed by atoms with E-state index in [0.717, 1.165) is 24.6 Å². The van der Waals surface area contributed by atoms with E-state index in [-0.39, 0.29) is 17.9 Å². The third-order valence-electron chi connectivity index (χ3n) is 4.55. The maximum atomic E-state index is 12.7. The van der Waals surface area contributed by atoms with Gasteiger partial charge in [0.1, 0.15) is 0 Å². The number of hydrogen-bond acceptors (Lipinski definition) is 7. The molecule has 1 aromatic rings. The topological polar surface area (TPSA) is 114 Å². The molecule has 1 fully saturated rings. The van der Waals surface area contributed by atoms with Crippen molar-refractivity contribution in [2.75, 3.05) is 37.7 Å². The molecule has 9 nitrogen and oxygen atoms in total. The molecular formula is C18H22N4O5S. The fourth-order valence-corrected chi connectivity index (χ4v) is 4.22. The number of carbonyl (C=O) groups excluding carboxylic acids is 2. The number of amides is 2. The van der Waals surface area contributed by atoms with Crippen molar-refractivity contribution >= 4 is 29.4 Å². The van der Waals surface area contributed by atoms with Crippen LogP contribution in [0.25, 0.3) is 0 Å². The molecule has 2 aliphatic rings. The Kier molecular flexibility index (Phi) is 6.53. The average molecular weight is 406 g/mol. The van der Waals surface area contributed by atoms with Crippen LogP contribution in [-0.2, 0) is 9.53 Å². The molecule has 2 heterocycles. The maximum absolute atomic E-state index is 12.7. The molecule has 0 bridgehead atoms. The highest BCUT2D eigenvalue weighted by Crippen LogP contribution is 2.30.